The Morgan fingerprint density at radius 3 is 2.10 bits per heavy atom. The highest BCUT2D eigenvalue weighted by molar-refractivity contribution is 6.58. The number of allylic oxidation sites excluding steroid dienone is 2. The third-order valence-corrected chi connectivity index (χ3v) is 11.5. The molecule has 3 fully saturated rings. The van der Waals surface area contributed by atoms with Gasteiger partial charge in [-0.3, -0.25) is 24.1 Å². The minimum Gasteiger partial charge on any atom is -0.508 e. The fourth-order valence-electron chi connectivity index (χ4n) is 7.70. The van der Waals surface area contributed by atoms with E-state index in [9.17, 15) is 47.4 Å². The number of anilines is 2. The van der Waals surface area contributed by atoms with Gasteiger partial charge in [-0.15, -0.1) is 23.2 Å². The molecule has 2 heterocycles. The fraction of sp³-hybridized carbons (Fsp3) is 0.242. The molecule has 50 heavy (non-hydrogen) atoms. The maximum absolute atomic E-state index is 15.2. The van der Waals surface area contributed by atoms with Crippen molar-refractivity contribution in [2.75, 3.05) is 9.80 Å². The van der Waals surface area contributed by atoms with Crippen LogP contribution in [0.4, 0.5) is 33.3 Å². The van der Waals surface area contributed by atoms with Crippen LogP contribution in [0.3, 0.4) is 0 Å². The zero-order valence-electron chi connectivity index (χ0n) is 24.7. The summed E-state index contributed by atoms with van der Waals surface area (Å²) in [6, 6.07) is 8.50. The van der Waals surface area contributed by atoms with Crippen LogP contribution in [0.2, 0.25) is 5.02 Å². The Balaban J connectivity index is 1.43. The number of alkyl halides is 2. The molecule has 6 unspecified atom stereocenters. The Hall–Kier alpha value is -4.53. The van der Waals surface area contributed by atoms with Gasteiger partial charge in [0.15, 0.2) is 33.0 Å². The van der Waals surface area contributed by atoms with Crippen molar-refractivity contribution in [3.05, 3.63) is 99.3 Å². The number of benzene rings is 3. The predicted octanol–water partition coefficient (Wildman–Crippen LogP) is 6.21. The number of nitrogens with zero attached hydrogens (tertiary/aromatic N) is 2. The molecule has 0 radical (unpaired) electrons. The second-order valence-corrected chi connectivity index (χ2v) is 13.9. The van der Waals surface area contributed by atoms with Crippen molar-refractivity contribution in [3.63, 3.8) is 0 Å². The Kier molecular flexibility index (Phi) is 7.63. The summed E-state index contributed by atoms with van der Waals surface area (Å²) in [7, 11) is 0. The number of carbonyl (C=O) groups is 5. The van der Waals surface area contributed by atoms with Crippen molar-refractivity contribution in [2.45, 2.75) is 28.5 Å². The molecule has 0 spiro atoms. The molecule has 9 nitrogen and oxygen atoms in total. The minimum absolute atomic E-state index is 0.0281. The van der Waals surface area contributed by atoms with E-state index in [1.54, 1.807) is 0 Å². The molecule has 17 heteroatoms. The molecule has 1 saturated carbocycles. The van der Waals surface area contributed by atoms with Crippen LogP contribution in [-0.2, 0) is 19.2 Å². The quantitative estimate of drug-likeness (QED) is 0.0809. The summed E-state index contributed by atoms with van der Waals surface area (Å²) in [5.74, 6) is -24.8. The van der Waals surface area contributed by atoms with Gasteiger partial charge in [-0.1, -0.05) is 29.3 Å². The van der Waals surface area contributed by atoms with Crippen molar-refractivity contribution in [2.24, 2.45) is 17.8 Å². The maximum Gasteiger partial charge on any atom is 0.335 e. The summed E-state index contributed by atoms with van der Waals surface area (Å²) in [6.45, 7) is 0. The smallest absolute Gasteiger partial charge is 0.335 e. The summed E-state index contributed by atoms with van der Waals surface area (Å²) in [6.07, 6.45) is 0.514. The lowest BCUT2D eigenvalue weighted by molar-refractivity contribution is -0.125. The van der Waals surface area contributed by atoms with E-state index < -0.39 is 110 Å². The lowest BCUT2D eigenvalue weighted by Crippen LogP contribution is -2.60. The van der Waals surface area contributed by atoms with E-state index in [0.29, 0.717) is 0 Å². The Morgan fingerprint density at radius 2 is 1.46 bits per heavy atom. The number of fused-ring (bicyclic) bond motifs is 4. The van der Waals surface area contributed by atoms with E-state index in [4.69, 9.17) is 34.8 Å². The number of carboxylic acids is 1. The molecule has 3 aromatic rings. The van der Waals surface area contributed by atoms with Crippen molar-refractivity contribution in [1.82, 2.24) is 0 Å². The van der Waals surface area contributed by atoms with E-state index in [-0.39, 0.29) is 38.7 Å². The van der Waals surface area contributed by atoms with Gasteiger partial charge in [-0.05, 0) is 55.2 Å². The van der Waals surface area contributed by atoms with Gasteiger partial charge in [0.05, 0.1) is 23.1 Å². The summed E-state index contributed by atoms with van der Waals surface area (Å²) >= 11 is 20.3. The lowest BCUT2D eigenvalue weighted by Gasteiger charge is -2.50. The van der Waals surface area contributed by atoms with Gasteiger partial charge >= 0.3 is 5.97 Å². The number of hydrogen-bond acceptors (Lipinski definition) is 6. The summed E-state index contributed by atoms with van der Waals surface area (Å²) in [5.41, 5.74) is -2.40. The van der Waals surface area contributed by atoms with E-state index in [0.717, 1.165) is 23.1 Å². The molecule has 2 aliphatic carbocycles. The molecule has 2 aliphatic heterocycles. The molecule has 4 aliphatic rings. The van der Waals surface area contributed by atoms with Gasteiger partial charge in [0, 0.05) is 16.5 Å². The van der Waals surface area contributed by atoms with Gasteiger partial charge < -0.3 is 10.2 Å². The van der Waals surface area contributed by atoms with E-state index in [1.165, 1.54) is 30.3 Å². The number of rotatable bonds is 4. The van der Waals surface area contributed by atoms with Gasteiger partial charge in [-0.25, -0.2) is 31.6 Å². The molecule has 2 N–H and O–H groups in total. The standard InChI is InChI=1S/C33H18Cl3F5N2O7/c34-12-4-7-18(44)16(9-12)20-14-5-6-15-19(28(46)42(27(15)45)13-3-1-2-11(8-13)29(47)48)17(14)10-32(35)30(49)43(31(50)33(20,32)36)26-24(40)22(38)21(37)23(39)25(26)41/h1-5,7-9,15,17,19-20,44H,6,10H2,(H,47,48). The number of aromatic hydroxyl groups is 1. The van der Waals surface area contributed by atoms with Crippen LogP contribution >= 0.6 is 34.8 Å². The number of carbonyl (C=O) groups excluding carboxylic acids is 4. The van der Waals surface area contributed by atoms with Crippen LogP contribution in [0.5, 0.6) is 5.75 Å². The first-order valence-electron chi connectivity index (χ1n) is 14.6. The Bertz CT molecular complexity index is 2140. The van der Waals surface area contributed by atoms with Gasteiger partial charge in [0.1, 0.15) is 11.4 Å². The summed E-state index contributed by atoms with van der Waals surface area (Å²) in [4.78, 5) is 62.9. The minimum atomic E-state index is -2.84. The number of halogens is 8. The number of phenols is 1. The molecule has 7 rings (SSSR count). The normalized spacial score (nSPS) is 28.8. The first kappa shape index (κ1) is 33.9. The van der Waals surface area contributed by atoms with Gasteiger partial charge in [0.25, 0.3) is 11.8 Å². The maximum atomic E-state index is 15.2. The van der Waals surface area contributed by atoms with Crippen molar-refractivity contribution in [1.29, 1.82) is 0 Å². The van der Waals surface area contributed by atoms with E-state index >= 15 is 8.78 Å². The van der Waals surface area contributed by atoms with Crippen LogP contribution in [0.15, 0.2) is 54.1 Å². The molecule has 3 aromatic carbocycles. The largest absolute Gasteiger partial charge is 0.508 e. The van der Waals surface area contributed by atoms with Crippen molar-refractivity contribution >= 4 is 75.8 Å². The van der Waals surface area contributed by atoms with Crippen LogP contribution in [0, 0.1) is 46.8 Å². The number of imide groups is 2. The van der Waals surface area contributed by atoms with Crippen molar-refractivity contribution < 1.29 is 56.1 Å². The average molecular weight is 756 g/mol. The van der Waals surface area contributed by atoms with Crippen LogP contribution < -0.4 is 9.80 Å². The molecule has 4 amide bonds. The number of carboxylic acid groups (broad SMARTS) is 1. The van der Waals surface area contributed by atoms with Crippen LogP contribution in [-0.4, -0.2) is 49.6 Å². The third-order valence-electron chi connectivity index (χ3n) is 9.87. The SMILES string of the molecule is O=C(O)c1cccc(N2C(=O)C3CC=C4C(CC5(Cl)C(=O)N(c6c(F)c(F)c(F)c(F)c6F)C(=O)C5(Cl)C4c4cc(Cl)ccc4O)C3C2=O)c1. The highest BCUT2D eigenvalue weighted by Gasteiger charge is 2.77. The molecule has 6 atom stereocenters. The molecular weight excluding hydrogens is 738 g/mol. The predicted molar refractivity (Wildman–Crippen MR) is 165 cm³/mol. The second kappa shape index (κ2) is 11.2. The number of hydrogen-bond donors (Lipinski definition) is 2. The number of amides is 4. The van der Waals surface area contributed by atoms with E-state index in [2.05, 4.69) is 0 Å². The highest BCUT2D eigenvalue weighted by atomic mass is 35.5. The third kappa shape index (κ3) is 4.27. The fourth-order valence-corrected chi connectivity index (χ4v) is 8.81. The zero-order chi connectivity index (χ0) is 36.4. The molecule has 0 bridgehead atoms. The van der Waals surface area contributed by atoms with Gasteiger partial charge in [-0.2, -0.15) is 0 Å². The number of phenolic OH excluding ortho intramolecular Hbond substituents is 1. The second-order valence-electron chi connectivity index (χ2n) is 12.3. The number of aromatic carboxylic acids is 1. The summed E-state index contributed by atoms with van der Waals surface area (Å²) < 4.78 is 73.1. The van der Waals surface area contributed by atoms with Crippen molar-refractivity contribution in [3.8, 4) is 5.75 Å². The molecular formula is C33H18Cl3F5N2O7. The van der Waals surface area contributed by atoms with Crippen LogP contribution in [0.1, 0.15) is 34.7 Å². The first-order valence-corrected chi connectivity index (χ1v) is 15.8. The monoisotopic (exact) mass is 754 g/mol. The zero-order valence-corrected chi connectivity index (χ0v) is 27.0. The topological polar surface area (TPSA) is 132 Å². The summed E-state index contributed by atoms with van der Waals surface area (Å²) in [5, 5.41) is 20.5. The Morgan fingerprint density at radius 1 is 0.820 bits per heavy atom. The average Bonchev–Trinajstić information content (AvgIpc) is 3.42. The molecule has 2 saturated heterocycles. The van der Waals surface area contributed by atoms with E-state index in [1.807, 2.05) is 0 Å². The lowest BCUT2D eigenvalue weighted by atomic mass is 9.56. The van der Waals surface area contributed by atoms with Crippen LogP contribution in [0.25, 0.3) is 0 Å². The molecule has 258 valence electrons. The van der Waals surface area contributed by atoms with Gasteiger partial charge in [0.2, 0.25) is 17.6 Å². The molecule has 0 aromatic heterocycles. The first-order chi connectivity index (χ1) is 23.5. The Labute approximate surface area is 292 Å². The highest BCUT2D eigenvalue weighted by Crippen LogP contribution is 2.67.